The van der Waals surface area contributed by atoms with Gasteiger partial charge in [0.1, 0.15) is 0 Å². The van der Waals surface area contributed by atoms with Crippen molar-refractivity contribution in [3.63, 3.8) is 0 Å². The summed E-state index contributed by atoms with van der Waals surface area (Å²) in [5.74, 6) is 0. The van der Waals surface area contributed by atoms with Crippen molar-refractivity contribution in [1.82, 2.24) is 0 Å². The van der Waals surface area contributed by atoms with E-state index in [0.717, 1.165) is 6.42 Å². The van der Waals surface area contributed by atoms with Crippen LogP contribution in [0, 0.1) is 13.8 Å². The van der Waals surface area contributed by atoms with Gasteiger partial charge in [0, 0.05) is 6.42 Å². The van der Waals surface area contributed by atoms with Crippen molar-refractivity contribution in [3.05, 3.63) is 34.9 Å². The highest BCUT2D eigenvalue weighted by molar-refractivity contribution is 5.51. The first-order chi connectivity index (χ1) is 5.74. The first-order valence-electron chi connectivity index (χ1n) is 4.15. The zero-order valence-corrected chi connectivity index (χ0v) is 7.55. The second kappa shape index (κ2) is 4.05. The smallest absolute Gasteiger partial charge is 0.198 e. The Labute approximate surface area is 73.4 Å². The predicted octanol–water partition coefficient (Wildman–Crippen LogP) is 2.35. The molecule has 0 fully saturated rings. The fourth-order valence-electron chi connectivity index (χ4n) is 1.26. The van der Waals surface area contributed by atoms with Gasteiger partial charge in [0.15, 0.2) is 6.29 Å². The second-order valence-electron chi connectivity index (χ2n) is 3.07. The van der Waals surface area contributed by atoms with Gasteiger partial charge >= 0.3 is 0 Å². The van der Waals surface area contributed by atoms with E-state index in [1.165, 1.54) is 16.7 Å². The molecule has 0 aromatic heterocycles. The Hall–Kier alpha value is -1.11. The van der Waals surface area contributed by atoms with Gasteiger partial charge < -0.3 is 0 Å². The minimum absolute atomic E-state index is 0.504. The number of hydrogen-bond donors (Lipinski definition) is 0. The molecule has 1 heteroatoms. The van der Waals surface area contributed by atoms with E-state index in [4.69, 9.17) is 0 Å². The van der Waals surface area contributed by atoms with E-state index in [-0.39, 0.29) is 0 Å². The molecule has 0 saturated heterocycles. The first kappa shape index (κ1) is 8.98. The Balaban J connectivity index is 2.82. The maximum atomic E-state index is 10.0. The molecule has 0 bridgehead atoms. The Morgan fingerprint density at radius 3 is 2.75 bits per heavy atom. The summed E-state index contributed by atoms with van der Waals surface area (Å²) in [7, 11) is 0. The van der Waals surface area contributed by atoms with E-state index in [2.05, 4.69) is 32.0 Å². The van der Waals surface area contributed by atoms with E-state index in [1.54, 1.807) is 0 Å². The lowest BCUT2D eigenvalue weighted by Crippen LogP contribution is -1.91. The largest absolute Gasteiger partial charge is 0.291 e. The fourth-order valence-corrected chi connectivity index (χ4v) is 1.26. The number of benzene rings is 1. The summed E-state index contributed by atoms with van der Waals surface area (Å²) in [6, 6.07) is 6.31. The van der Waals surface area contributed by atoms with Gasteiger partial charge in [0.25, 0.3) is 0 Å². The van der Waals surface area contributed by atoms with E-state index in [0.29, 0.717) is 6.42 Å². The van der Waals surface area contributed by atoms with Gasteiger partial charge in [-0.2, -0.15) is 0 Å². The Morgan fingerprint density at radius 2 is 2.08 bits per heavy atom. The van der Waals surface area contributed by atoms with Crippen molar-refractivity contribution in [2.45, 2.75) is 26.7 Å². The molecule has 0 heterocycles. The van der Waals surface area contributed by atoms with Crippen LogP contribution in [0.1, 0.15) is 23.1 Å². The SMILES string of the molecule is Cc1ccc(C)c(CC[C]=O)c1. The molecule has 63 valence electrons. The van der Waals surface area contributed by atoms with Crippen molar-refractivity contribution in [2.24, 2.45) is 0 Å². The Kier molecular flexibility index (Phi) is 3.03. The monoisotopic (exact) mass is 161 g/mol. The molecule has 1 aromatic carbocycles. The van der Waals surface area contributed by atoms with E-state index in [1.807, 2.05) is 6.29 Å². The van der Waals surface area contributed by atoms with Gasteiger partial charge in [0.2, 0.25) is 0 Å². The molecule has 0 saturated carbocycles. The Morgan fingerprint density at radius 1 is 1.33 bits per heavy atom. The van der Waals surface area contributed by atoms with Gasteiger partial charge in [0.05, 0.1) is 0 Å². The van der Waals surface area contributed by atoms with Crippen molar-refractivity contribution >= 4 is 6.29 Å². The average Bonchev–Trinajstić information content (AvgIpc) is 2.07. The standard InChI is InChI=1S/C11H13O/c1-9-5-6-10(2)11(8-9)4-3-7-12/h5-6,8H,3-4H2,1-2H3. The van der Waals surface area contributed by atoms with Gasteiger partial charge in [-0.3, -0.25) is 4.79 Å². The van der Waals surface area contributed by atoms with Gasteiger partial charge in [-0.1, -0.05) is 23.8 Å². The third-order valence-corrected chi connectivity index (χ3v) is 2.00. The van der Waals surface area contributed by atoms with Gasteiger partial charge in [-0.15, -0.1) is 0 Å². The number of rotatable bonds is 3. The minimum atomic E-state index is 0.504. The molecular formula is C11H13O. The number of hydrogen-bond acceptors (Lipinski definition) is 1. The number of aryl methyl sites for hydroxylation is 3. The molecule has 0 unspecified atom stereocenters. The maximum Gasteiger partial charge on any atom is 0.198 e. The third-order valence-electron chi connectivity index (χ3n) is 2.00. The van der Waals surface area contributed by atoms with Crippen LogP contribution in [0.3, 0.4) is 0 Å². The molecule has 0 aliphatic heterocycles. The van der Waals surface area contributed by atoms with Crippen molar-refractivity contribution in [1.29, 1.82) is 0 Å². The van der Waals surface area contributed by atoms with Crippen LogP contribution >= 0.6 is 0 Å². The average molecular weight is 161 g/mol. The van der Waals surface area contributed by atoms with Crippen molar-refractivity contribution < 1.29 is 4.79 Å². The molecule has 0 N–H and O–H groups in total. The lowest BCUT2D eigenvalue weighted by molar-refractivity contribution is 0.551. The molecule has 0 amide bonds. The molecule has 0 aliphatic carbocycles. The van der Waals surface area contributed by atoms with Crippen LogP contribution < -0.4 is 0 Å². The fraction of sp³-hybridized carbons (Fsp3) is 0.364. The van der Waals surface area contributed by atoms with Gasteiger partial charge in [-0.05, 0) is 31.4 Å². The normalized spacial score (nSPS) is 9.83. The summed E-state index contributed by atoms with van der Waals surface area (Å²) >= 11 is 0. The van der Waals surface area contributed by atoms with Crippen LogP contribution in [0.25, 0.3) is 0 Å². The lowest BCUT2D eigenvalue weighted by Gasteiger charge is -2.03. The minimum Gasteiger partial charge on any atom is -0.291 e. The molecule has 1 nitrogen and oxygen atoms in total. The van der Waals surface area contributed by atoms with Gasteiger partial charge in [-0.25, -0.2) is 0 Å². The second-order valence-corrected chi connectivity index (χ2v) is 3.07. The zero-order valence-electron chi connectivity index (χ0n) is 7.55. The summed E-state index contributed by atoms with van der Waals surface area (Å²) in [6.45, 7) is 4.13. The highest BCUT2D eigenvalue weighted by Gasteiger charge is 1.97. The summed E-state index contributed by atoms with van der Waals surface area (Å²) in [5, 5.41) is 0. The summed E-state index contributed by atoms with van der Waals surface area (Å²) in [4.78, 5) is 10.0. The van der Waals surface area contributed by atoms with Crippen LogP contribution in [-0.4, -0.2) is 6.29 Å². The lowest BCUT2D eigenvalue weighted by atomic mass is 10.0. The summed E-state index contributed by atoms with van der Waals surface area (Å²) in [6.07, 6.45) is 3.23. The topological polar surface area (TPSA) is 17.1 Å². The molecule has 0 aliphatic rings. The van der Waals surface area contributed by atoms with Crippen LogP contribution in [0.15, 0.2) is 18.2 Å². The predicted molar refractivity (Wildman–Crippen MR) is 49.9 cm³/mol. The molecule has 0 spiro atoms. The third kappa shape index (κ3) is 2.19. The van der Waals surface area contributed by atoms with Crippen LogP contribution in [-0.2, 0) is 11.2 Å². The maximum absolute atomic E-state index is 10.0. The summed E-state index contributed by atoms with van der Waals surface area (Å²) < 4.78 is 0. The highest BCUT2D eigenvalue weighted by Crippen LogP contribution is 2.11. The van der Waals surface area contributed by atoms with Crippen LogP contribution in [0.2, 0.25) is 0 Å². The van der Waals surface area contributed by atoms with E-state index < -0.39 is 0 Å². The molecule has 1 aromatic rings. The van der Waals surface area contributed by atoms with Crippen LogP contribution in [0.5, 0.6) is 0 Å². The molecular weight excluding hydrogens is 148 g/mol. The van der Waals surface area contributed by atoms with E-state index >= 15 is 0 Å². The van der Waals surface area contributed by atoms with E-state index in [9.17, 15) is 4.79 Å². The molecule has 1 radical (unpaired) electrons. The summed E-state index contributed by atoms with van der Waals surface area (Å²) in [5.41, 5.74) is 3.77. The Bertz CT molecular complexity index is 276. The van der Waals surface area contributed by atoms with Crippen LogP contribution in [0.4, 0.5) is 0 Å². The quantitative estimate of drug-likeness (QED) is 0.665. The highest BCUT2D eigenvalue weighted by atomic mass is 16.1. The molecule has 0 atom stereocenters. The number of carbonyl (C=O) groups excluding carboxylic acids is 1. The zero-order chi connectivity index (χ0) is 8.97. The molecule has 12 heavy (non-hydrogen) atoms. The van der Waals surface area contributed by atoms with Crippen molar-refractivity contribution in [2.75, 3.05) is 0 Å². The molecule has 1 rings (SSSR count). The first-order valence-corrected chi connectivity index (χ1v) is 4.15. The van der Waals surface area contributed by atoms with Crippen molar-refractivity contribution in [3.8, 4) is 0 Å².